The van der Waals surface area contributed by atoms with Crippen molar-refractivity contribution in [3.63, 3.8) is 0 Å². The van der Waals surface area contributed by atoms with E-state index in [2.05, 4.69) is 4.90 Å². The van der Waals surface area contributed by atoms with Gasteiger partial charge in [0.15, 0.2) is 11.4 Å². The van der Waals surface area contributed by atoms with Crippen LogP contribution in [0.3, 0.4) is 0 Å². The molecule has 158 valence electrons. The Morgan fingerprint density at radius 2 is 1.73 bits per heavy atom. The largest absolute Gasteiger partial charge is 0.375 e. The predicted molar refractivity (Wildman–Crippen MR) is 118 cm³/mol. The van der Waals surface area contributed by atoms with Crippen molar-refractivity contribution in [2.45, 2.75) is 51.6 Å². The van der Waals surface area contributed by atoms with Crippen LogP contribution in [-0.4, -0.2) is 41.5 Å². The van der Waals surface area contributed by atoms with Gasteiger partial charge < -0.3 is 5.11 Å². The third-order valence-corrected chi connectivity index (χ3v) is 6.39. The van der Waals surface area contributed by atoms with E-state index in [1.165, 1.54) is 12.8 Å². The topological polar surface area (TPSA) is 60.9 Å². The molecule has 0 spiro atoms. The molecule has 30 heavy (non-hydrogen) atoms. The number of para-hydroxylation sites is 1. The summed E-state index contributed by atoms with van der Waals surface area (Å²) in [6.07, 6.45) is 4.44. The maximum absolute atomic E-state index is 13.5. The van der Waals surface area contributed by atoms with Crippen LogP contribution < -0.4 is 4.90 Å². The number of ketones is 1. The third-order valence-electron chi connectivity index (χ3n) is 6.39. The molecule has 0 saturated carbocycles. The van der Waals surface area contributed by atoms with Crippen LogP contribution in [0.25, 0.3) is 0 Å². The van der Waals surface area contributed by atoms with E-state index in [9.17, 15) is 14.7 Å². The van der Waals surface area contributed by atoms with E-state index in [4.69, 9.17) is 0 Å². The van der Waals surface area contributed by atoms with E-state index in [0.29, 0.717) is 23.5 Å². The maximum Gasteiger partial charge on any atom is 0.265 e. The highest BCUT2D eigenvalue weighted by Crippen LogP contribution is 2.43. The lowest BCUT2D eigenvalue weighted by Gasteiger charge is -2.28. The number of anilines is 1. The summed E-state index contributed by atoms with van der Waals surface area (Å²) in [7, 11) is 0. The summed E-state index contributed by atoms with van der Waals surface area (Å²) in [4.78, 5) is 30.5. The van der Waals surface area contributed by atoms with Gasteiger partial charge in [-0.2, -0.15) is 0 Å². The van der Waals surface area contributed by atoms with Gasteiger partial charge in [0, 0.05) is 11.1 Å². The number of amides is 1. The Morgan fingerprint density at radius 1 is 1.03 bits per heavy atom. The van der Waals surface area contributed by atoms with Gasteiger partial charge in [0.2, 0.25) is 0 Å². The molecule has 1 atom stereocenters. The molecule has 1 fully saturated rings. The fourth-order valence-electron chi connectivity index (χ4n) is 4.66. The predicted octanol–water partition coefficient (Wildman–Crippen LogP) is 3.94. The van der Waals surface area contributed by atoms with Crippen molar-refractivity contribution < 1.29 is 14.7 Å². The zero-order valence-corrected chi connectivity index (χ0v) is 17.9. The molecule has 2 aliphatic heterocycles. The van der Waals surface area contributed by atoms with Gasteiger partial charge in [-0.1, -0.05) is 48.7 Å². The molecule has 1 unspecified atom stereocenters. The van der Waals surface area contributed by atoms with Crippen LogP contribution in [0.15, 0.2) is 42.5 Å². The minimum Gasteiger partial charge on any atom is -0.375 e. The normalized spacial score (nSPS) is 22.1. The van der Waals surface area contributed by atoms with Gasteiger partial charge in [-0.3, -0.25) is 19.4 Å². The number of likely N-dealkylation sites (tertiary alicyclic amines) is 1. The number of nitrogens with zero attached hydrogens (tertiary/aromatic N) is 2. The molecule has 1 N–H and O–H groups in total. The lowest BCUT2D eigenvalue weighted by Crippen LogP contribution is -2.46. The van der Waals surface area contributed by atoms with Gasteiger partial charge in [0.05, 0.1) is 18.8 Å². The maximum atomic E-state index is 13.5. The van der Waals surface area contributed by atoms with Crippen molar-refractivity contribution in [1.82, 2.24) is 4.90 Å². The Kier molecular flexibility index (Phi) is 5.76. The summed E-state index contributed by atoms with van der Waals surface area (Å²) in [5.74, 6) is -0.606. The van der Waals surface area contributed by atoms with E-state index < -0.39 is 11.5 Å². The average Bonchev–Trinajstić information content (AvgIpc) is 2.92. The number of benzene rings is 2. The highest BCUT2D eigenvalue weighted by atomic mass is 16.3. The molecule has 4 rings (SSSR count). The van der Waals surface area contributed by atoms with Crippen molar-refractivity contribution in [3.05, 3.63) is 64.7 Å². The number of rotatable bonds is 5. The first kappa shape index (κ1) is 20.8. The molecule has 2 aromatic rings. The fourth-order valence-corrected chi connectivity index (χ4v) is 4.66. The van der Waals surface area contributed by atoms with Crippen molar-refractivity contribution >= 4 is 17.4 Å². The number of carbonyl (C=O) groups is 2. The number of fused-ring (bicyclic) bond motifs is 1. The molecule has 2 heterocycles. The van der Waals surface area contributed by atoms with Crippen LogP contribution in [0.5, 0.6) is 0 Å². The van der Waals surface area contributed by atoms with E-state index in [0.717, 1.165) is 37.1 Å². The number of hydrogen-bond acceptors (Lipinski definition) is 4. The van der Waals surface area contributed by atoms with Crippen molar-refractivity contribution in [2.75, 3.05) is 24.7 Å². The summed E-state index contributed by atoms with van der Waals surface area (Å²) < 4.78 is 0. The molecular formula is C25H30N2O3. The van der Waals surface area contributed by atoms with E-state index in [1.54, 1.807) is 11.0 Å². The van der Waals surface area contributed by atoms with E-state index in [-0.39, 0.29) is 12.2 Å². The summed E-state index contributed by atoms with van der Waals surface area (Å²) >= 11 is 0. The Labute approximate surface area is 178 Å². The number of Topliss-reactive ketones (excluding diaryl/α,β-unsaturated/α-hetero) is 1. The van der Waals surface area contributed by atoms with Crippen molar-refractivity contribution in [3.8, 4) is 0 Å². The number of aliphatic hydroxyl groups is 1. The van der Waals surface area contributed by atoms with Gasteiger partial charge >= 0.3 is 0 Å². The molecule has 1 amide bonds. The van der Waals surface area contributed by atoms with Crippen LogP contribution in [-0.2, 0) is 10.4 Å². The minimum absolute atomic E-state index is 0.210. The Hall–Kier alpha value is -2.50. The number of hydrogen-bond donors (Lipinski definition) is 1. The Balaban J connectivity index is 1.63. The highest BCUT2D eigenvalue weighted by Gasteiger charge is 2.51. The quantitative estimate of drug-likeness (QED) is 0.764. The second-order valence-corrected chi connectivity index (χ2v) is 8.70. The SMILES string of the molecule is Cc1ccc(C)c(C(=O)CC2(O)C(=O)N(CN3CCCCCC3)c3ccccc32)c1. The molecule has 1 saturated heterocycles. The summed E-state index contributed by atoms with van der Waals surface area (Å²) in [5.41, 5.74) is 1.83. The summed E-state index contributed by atoms with van der Waals surface area (Å²) in [6, 6.07) is 13.0. The van der Waals surface area contributed by atoms with Gasteiger partial charge in [0.1, 0.15) is 0 Å². The van der Waals surface area contributed by atoms with Crippen LogP contribution >= 0.6 is 0 Å². The third kappa shape index (κ3) is 3.80. The Bertz CT molecular complexity index is 963. The molecule has 0 bridgehead atoms. The number of carbonyl (C=O) groups excluding carboxylic acids is 2. The summed E-state index contributed by atoms with van der Waals surface area (Å²) in [5, 5.41) is 11.5. The van der Waals surface area contributed by atoms with Gasteiger partial charge in [0.25, 0.3) is 5.91 Å². The van der Waals surface area contributed by atoms with Gasteiger partial charge in [-0.15, -0.1) is 0 Å². The monoisotopic (exact) mass is 406 g/mol. The molecule has 5 heteroatoms. The van der Waals surface area contributed by atoms with Crippen LogP contribution in [0.2, 0.25) is 0 Å². The lowest BCUT2D eigenvalue weighted by atomic mass is 9.87. The molecule has 0 aliphatic carbocycles. The molecule has 2 aromatic carbocycles. The van der Waals surface area contributed by atoms with Crippen molar-refractivity contribution in [2.24, 2.45) is 0 Å². The van der Waals surface area contributed by atoms with Crippen molar-refractivity contribution in [1.29, 1.82) is 0 Å². The molecule has 5 nitrogen and oxygen atoms in total. The van der Waals surface area contributed by atoms with Crippen LogP contribution in [0, 0.1) is 13.8 Å². The first-order valence-electron chi connectivity index (χ1n) is 10.9. The molecule has 0 aromatic heterocycles. The highest BCUT2D eigenvalue weighted by molar-refractivity contribution is 6.11. The van der Waals surface area contributed by atoms with Crippen LogP contribution in [0.4, 0.5) is 5.69 Å². The van der Waals surface area contributed by atoms with E-state index in [1.807, 2.05) is 50.2 Å². The second-order valence-electron chi connectivity index (χ2n) is 8.70. The lowest BCUT2D eigenvalue weighted by molar-refractivity contribution is -0.136. The second kappa shape index (κ2) is 8.32. The fraction of sp³-hybridized carbons (Fsp3) is 0.440. The average molecular weight is 407 g/mol. The molecule has 2 aliphatic rings. The molecular weight excluding hydrogens is 376 g/mol. The number of aryl methyl sites for hydroxylation is 2. The first-order chi connectivity index (χ1) is 14.4. The smallest absolute Gasteiger partial charge is 0.265 e. The summed E-state index contributed by atoms with van der Waals surface area (Å²) in [6.45, 7) is 6.17. The van der Waals surface area contributed by atoms with Crippen LogP contribution in [0.1, 0.15) is 59.2 Å². The zero-order valence-electron chi connectivity index (χ0n) is 17.9. The van der Waals surface area contributed by atoms with Gasteiger partial charge in [-0.25, -0.2) is 0 Å². The van der Waals surface area contributed by atoms with E-state index >= 15 is 0 Å². The van der Waals surface area contributed by atoms with Gasteiger partial charge in [-0.05, 0) is 57.5 Å². The standard InChI is InChI=1S/C25H30N2O3/c1-18-11-12-19(2)20(15-18)23(28)16-25(30)21-9-5-6-10-22(21)27(24(25)29)17-26-13-7-3-4-8-14-26/h5-6,9-12,15,30H,3-4,7-8,13-14,16-17H2,1-2H3. The minimum atomic E-state index is -1.82. The first-order valence-corrected chi connectivity index (χ1v) is 10.9. The molecule has 0 radical (unpaired) electrons. The zero-order chi connectivity index (χ0) is 21.3. The Morgan fingerprint density at radius 3 is 2.47 bits per heavy atom.